The quantitative estimate of drug-likeness (QED) is 0.724. The molecule has 0 aliphatic carbocycles. The number of aromatic nitrogens is 2. The van der Waals surface area contributed by atoms with Gasteiger partial charge in [-0.2, -0.15) is 0 Å². The van der Waals surface area contributed by atoms with Gasteiger partial charge in [0, 0.05) is 44.7 Å². The van der Waals surface area contributed by atoms with Crippen molar-refractivity contribution in [1.82, 2.24) is 15.3 Å². The predicted octanol–water partition coefficient (Wildman–Crippen LogP) is 1.04. The molecule has 0 atom stereocenters. The standard InChI is InChI=1S/C13H24N4O/c1-11(2)7-14-8-12-9-15-13(16-10-12)17(3)5-4-6-18/h9-11,14,18H,4-8H2,1-3H3. The summed E-state index contributed by atoms with van der Waals surface area (Å²) < 4.78 is 0. The highest BCUT2D eigenvalue weighted by Crippen LogP contribution is 2.05. The average molecular weight is 252 g/mol. The second-order valence-corrected chi connectivity index (χ2v) is 4.91. The van der Waals surface area contributed by atoms with Crippen LogP contribution in [0.2, 0.25) is 0 Å². The first-order chi connectivity index (χ1) is 8.63. The molecule has 0 fully saturated rings. The number of hydrogen-bond donors (Lipinski definition) is 2. The van der Waals surface area contributed by atoms with Crippen molar-refractivity contribution in [2.24, 2.45) is 5.92 Å². The van der Waals surface area contributed by atoms with Gasteiger partial charge in [-0.15, -0.1) is 0 Å². The van der Waals surface area contributed by atoms with Crippen molar-refractivity contribution in [3.8, 4) is 0 Å². The van der Waals surface area contributed by atoms with E-state index in [1.54, 1.807) is 0 Å². The zero-order valence-corrected chi connectivity index (χ0v) is 11.6. The molecule has 1 aromatic rings. The Hall–Kier alpha value is -1.20. The molecule has 0 aliphatic heterocycles. The Labute approximate surface area is 109 Å². The lowest BCUT2D eigenvalue weighted by atomic mass is 10.2. The van der Waals surface area contributed by atoms with E-state index in [0.717, 1.165) is 31.6 Å². The summed E-state index contributed by atoms with van der Waals surface area (Å²) in [6.07, 6.45) is 4.44. The molecule has 102 valence electrons. The van der Waals surface area contributed by atoms with Crippen LogP contribution in [0.4, 0.5) is 5.95 Å². The number of nitrogens with zero attached hydrogens (tertiary/aromatic N) is 3. The molecule has 0 saturated carbocycles. The number of aliphatic hydroxyl groups excluding tert-OH is 1. The van der Waals surface area contributed by atoms with Crippen molar-refractivity contribution in [1.29, 1.82) is 0 Å². The van der Waals surface area contributed by atoms with Crippen LogP contribution in [-0.2, 0) is 6.54 Å². The maximum Gasteiger partial charge on any atom is 0.224 e. The Kier molecular flexibility index (Phi) is 6.60. The zero-order valence-electron chi connectivity index (χ0n) is 11.6. The Morgan fingerprint density at radius 1 is 1.33 bits per heavy atom. The van der Waals surface area contributed by atoms with Gasteiger partial charge in [0.05, 0.1) is 0 Å². The normalized spacial score (nSPS) is 10.9. The van der Waals surface area contributed by atoms with Crippen LogP contribution in [-0.4, -0.2) is 41.8 Å². The van der Waals surface area contributed by atoms with Crippen LogP contribution in [0, 0.1) is 5.92 Å². The molecule has 0 bridgehead atoms. The van der Waals surface area contributed by atoms with Crippen molar-refractivity contribution in [2.45, 2.75) is 26.8 Å². The van der Waals surface area contributed by atoms with Crippen LogP contribution in [0.15, 0.2) is 12.4 Å². The summed E-state index contributed by atoms with van der Waals surface area (Å²) in [6, 6.07) is 0. The van der Waals surface area contributed by atoms with Gasteiger partial charge in [0.15, 0.2) is 0 Å². The molecule has 0 amide bonds. The highest BCUT2D eigenvalue weighted by molar-refractivity contribution is 5.28. The first-order valence-electron chi connectivity index (χ1n) is 6.47. The van der Waals surface area contributed by atoms with Crippen LogP contribution in [0.25, 0.3) is 0 Å². The van der Waals surface area contributed by atoms with E-state index in [0.29, 0.717) is 11.9 Å². The van der Waals surface area contributed by atoms with Crippen LogP contribution in [0.1, 0.15) is 25.8 Å². The van der Waals surface area contributed by atoms with Gasteiger partial charge in [0.1, 0.15) is 0 Å². The number of anilines is 1. The summed E-state index contributed by atoms with van der Waals surface area (Å²) in [6.45, 7) is 7.13. The monoisotopic (exact) mass is 252 g/mol. The molecule has 0 radical (unpaired) electrons. The van der Waals surface area contributed by atoms with Gasteiger partial charge in [0.2, 0.25) is 5.95 Å². The van der Waals surface area contributed by atoms with E-state index >= 15 is 0 Å². The third-order valence-corrected chi connectivity index (χ3v) is 2.57. The second-order valence-electron chi connectivity index (χ2n) is 4.91. The van der Waals surface area contributed by atoms with E-state index in [2.05, 4.69) is 29.1 Å². The smallest absolute Gasteiger partial charge is 0.224 e. The van der Waals surface area contributed by atoms with Crippen LogP contribution in [0.5, 0.6) is 0 Å². The van der Waals surface area contributed by atoms with Crippen molar-refractivity contribution in [3.05, 3.63) is 18.0 Å². The van der Waals surface area contributed by atoms with Gasteiger partial charge < -0.3 is 15.3 Å². The SMILES string of the molecule is CC(C)CNCc1cnc(N(C)CCCO)nc1. The molecule has 5 heteroatoms. The Balaban J connectivity index is 2.41. The van der Waals surface area contributed by atoms with E-state index in [4.69, 9.17) is 5.11 Å². The van der Waals surface area contributed by atoms with E-state index in [9.17, 15) is 0 Å². The van der Waals surface area contributed by atoms with E-state index in [-0.39, 0.29) is 6.61 Å². The maximum atomic E-state index is 8.77. The number of aliphatic hydroxyl groups is 1. The lowest BCUT2D eigenvalue weighted by molar-refractivity contribution is 0.290. The predicted molar refractivity (Wildman–Crippen MR) is 73.5 cm³/mol. The average Bonchev–Trinajstić information content (AvgIpc) is 2.36. The van der Waals surface area contributed by atoms with E-state index in [1.807, 2.05) is 24.3 Å². The Morgan fingerprint density at radius 2 is 2.00 bits per heavy atom. The summed E-state index contributed by atoms with van der Waals surface area (Å²) in [7, 11) is 1.93. The van der Waals surface area contributed by atoms with Gasteiger partial charge in [-0.05, 0) is 18.9 Å². The van der Waals surface area contributed by atoms with Gasteiger partial charge >= 0.3 is 0 Å². The first-order valence-corrected chi connectivity index (χ1v) is 6.47. The van der Waals surface area contributed by atoms with Crippen molar-refractivity contribution < 1.29 is 5.11 Å². The molecular weight excluding hydrogens is 228 g/mol. The third kappa shape index (κ3) is 5.42. The minimum Gasteiger partial charge on any atom is -0.396 e. The Morgan fingerprint density at radius 3 is 2.56 bits per heavy atom. The summed E-state index contributed by atoms with van der Waals surface area (Å²) >= 11 is 0. The molecule has 1 heterocycles. The summed E-state index contributed by atoms with van der Waals surface area (Å²) in [5.74, 6) is 1.35. The zero-order chi connectivity index (χ0) is 13.4. The first kappa shape index (κ1) is 14.9. The lowest BCUT2D eigenvalue weighted by Crippen LogP contribution is -2.22. The molecule has 18 heavy (non-hydrogen) atoms. The van der Waals surface area contributed by atoms with Gasteiger partial charge in [-0.3, -0.25) is 0 Å². The number of hydrogen-bond acceptors (Lipinski definition) is 5. The second kappa shape index (κ2) is 8.00. The van der Waals surface area contributed by atoms with Gasteiger partial charge in [-0.25, -0.2) is 9.97 Å². The highest BCUT2D eigenvalue weighted by atomic mass is 16.3. The third-order valence-electron chi connectivity index (χ3n) is 2.57. The summed E-state index contributed by atoms with van der Waals surface area (Å²) in [4.78, 5) is 10.6. The molecule has 1 aromatic heterocycles. The number of rotatable bonds is 8. The van der Waals surface area contributed by atoms with Crippen LogP contribution >= 0.6 is 0 Å². The molecular formula is C13H24N4O. The van der Waals surface area contributed by atoms with Crippen LogP contribution < -0.4 is 10.2 Å². The minimum atomic E-state index is 0.196. The van der Waals surface area contributed by atoms with Crippen molar-refractivity contribution in [2.75, 3.05) is 31.6 Å². The van der Waals surface area contributed by atoms with Crippen LogP contribution in [0.3, 0.4) is 0 Å². The lowest BCUT2D eigenvalue weighted by Gasteiger charge is -2.16. The molecule has 1 rings (SSSR count). The molecule has 5 nitrogen and oxygen atoms in total. The van der Waals surface area contributed by atoms with E-state index in [1.165, 1.54) is 0 Å². The Bertz CT molecular complexity index is 326. The van der Waals surface area contributed by atoms with Crippen molar-refractivity contribution >= 4 is 5.95 Å². The van der Waals surface area contributed by atoms with Crippen molar-refractivity contribution in [3.63, 3.8) is 0 Å². The molecule has 0 aliphatic rings. The minimum absolute atomic E-state index is 0.196. The maximum absolute atomic E-state index is 8.77. The fraction of sp³-hybridized carbons (Fsp3) is 0.692. The molecule has 0 aromatic carbocycles. The van der Waals surface area contributed by atoms with Gasteiger partial charge in [0.25, 0.3) is 0 Å². The van der Waals surface area contributed by atoms with Gasteiger partial charge in [-0.1, -0.05) is 13.8 Å². The largest absolute Gasteiger partial charge is 0.396 e. The summed E-state index contributed by atoms with van der Waals surface area (Å²) in [5.41, 5.74) is 1.09. The summed E-state index contributed by atoms with van der Waals surface area (Å²) in [5, 5.41) is 12.1. The molecule has 2 N–H and O–H groups in total. The topological polar surface area (TPSA) is 61.3 Å². The van der Waals surface area contributed by atoms with E-state index < -0.39 is 0 Å². The number of nitrogens with one attached hydrogen (secondary N) is 1. The highest BCUT2D eigenvalue weighted by Gasteiger charge is 2.03. The molecule has 0 spiro atoms. The molecule has 0 unspecified atom stereocenters. The fourth-order valence-corrected chi connectivity index (χ4v) is 1.55. The fourth-order valence-electron chi connectivity index (χ4n) is 1.55. The molecule has 0 saturated heterocycles.